The van der Waals surface area contributed by atoms with Crippen molar-refractivity contribution >= 4 is 51.4 Å². The molecule has 0 saturated heterocycles. The Balaban J connectivity index is 1.10. The van der Waals surface area contributed by atoms with Gasteiger partial charge < -0.3 is 14.4 Å². The number of benzene rings is 3. The molecule has 12 rings (SSSR count). The van der Waals surface area contributed by atoms with E-state index in [4.69, 9.17) is 0 Å². The molecule has 6 aliphatic carbocycles. The summed E-state index contributed by atoms with van der Waals surface area (Å²) in [6.45, 7) is 10.2. The van der Waals surface area contributed by atoms with Gasteiger partial charge in [0.05, 0.1) is 22.9 Å². The Hall–Kier alpha value is -5.80. The standard InChI is InChI=1S/C58H57N3/c1-57(2)49-30-19-31-50-56(49)61-54-47(48-36-43(37-52(55(48)61)58(50,3)4)59(39-20-9-5-10-21-39)40-22-11-6-12-23-40)34-38(35-51(54)57)44-32-33-53(46-29-18-17-28-45(44)46)60(41-24-13-7-14-25-41)42-26-15-8-16-27-42/h5-15,17,19-20,22,24-26,28,30,32-34,36-40,50H,16,18,21,23,27,29,31,35H2,1-4H3. The van der Waals surface area contributed by atoms with Crippen LogP contribution in [-0.4, -0.2) is 16.7 Å². The molecule has 0 radical (unpaired) electrons. The van der Waals surface area contributed by atoms with Crippen LogP contribution in [0.15, 0.2) is 151 Å². The van der Waals surface area contributed by atoms with Crippen LogP contribution in [0.1, 0.15) is 101 Å². The second-order valence-electron chi connectivity index (χ2n) is 19.7. The number of hydrogen-bond acceptors (Lipinski definition) is 2. The molecule has 0 amide bonds. The second-order valence-corrected chi connectivity index (χ2v) is 19.7. The minimum Gasteiger partial charge on any atom is -0.358 e. The van der Waals surface area contributed by atoms with Gasteiger partial charge >= 0.3 is 0 Å². The summed E-state index contributed by atoms with van der Waals surface area (Å²) in [6, 6.07) is 21.9. The SMILES string of the molecule is CC1(C)C2=C3C(CC=C2)C(C)(C)c2cc(N(C4C=CC=CC4)C4C=CC=CC4)cc4c5c(n3c24)=C1CC(c1ccc(N(C2=CC=CCC2)c2ccccc2)c2c1C=CCC2)C=5. The predicted molar refractivity (Wildman–Crippen MR) is 258 cm³/mol. The van der Waals surface area contributed by atoms with Crippen molar-refractivity contribution in [3.63, 3.8) is 0 Å². The molecule has 4 aromatic rings. The molecule has 61 heavy (non-hydrogen) atoms. The van der Waals surface area contributed by atoms with Gasteiger partial charge in [-0.1, -0.05) is 143 Å². The quantitative estimate of drug-likeness (QED) is 0.185. The van der Waals surface area contributed by atoms with Gasteiger partial charge in [-0.15, -0.1) is 0 Å². The van der Waals surface area contributed by atoms with E-state index in [1.54, 1.807) is 11.3 Å². The molecule has 3 nitrogen and oxygen atoms in total. The Kier molecular flexibility index (Phi) is 8.41. The van der Waals surface area contributed by atoms with Gasteiger partial charge in [-0.25, -0.2) is 0 Å². The summed E-state index contributed by atoms with van der Waals surface area (Å²) < 4.78 is 2.80. The lowest BCUT2D eigenvalue weighted by atomic mass is 9.61. The van der Waals surface area contributed by atoms with Crippen molar-refractivity contribution in [3.05, 3.63) is 184 Å². The molecule has 4 unspecified atom stereocenters. The molecule has 8 aliphatic rings. The highest BCUT2D eigenvalue weighted by Gasteiger charge is 2.49. The molecule has 2 aliphatic heterocycles. The van der Waals surface area contributed by atoms with Gasteiger partial charge in [0.2, 0.25) is 0 Å². The summed E-state index contributed by atoms with van der Waals surface area (Å²) in [4.78, 5) is 5.30. The van der Waals surface area contributed by atoms with Crippen molar-refractivity contribution in [2.45, 2.75) is 102 Å². The zero-order chi connectivity index (χ0) is 41.0. The Morgan fingerprint density at radius 2 is 1.51 bits per heavy atom. The molecule has 304 valence electrons. The summed E-state index contributed by atoms with van der Waals surface area (Å²) in [7, 11) is 0. The summed E-state index contributed by atoms with van der Waals surface area (Å²) in [5, 5.41) is 4.38. The van der Waals surface area contributed by atoms with E-state index >= 15 is 0 Å². The number of fused-ring (bicyclic) bond motifs is 2. The third kappa shape index (κ3) is 5.48. The van der Waals surface area contributed by atoms with E-state index in [9.17, 15) is 0 Å². The molecular formula is C58H57N3. The van der Waals surface area contributed by atoms with Crippen LogP contribution < -0.4 is 20.4 Å². The Morgan fingerprint density at radius 1 is 0.721 bits per heavy atom. The minimum atomic E-state index is -0.0854. The topological polar surface area (TPSA) is 11.4 Å². The lowest BCUT2D eigenvalue weighted by Crippen LogP contribution is -2.48. The predicted octanol–water partition coefficient (Wildman–Crippen LogP) is 12.8. The van der Waals surface area contributed by atoms with Crippen molar-refractivity contribution in [1.29, 1.82) is 0 Å². The number of aromatic nitrogens is 1. The van der Waals surface area contributed by atoms with Gasteiger partial charge in [-0.3, -0.25) is 0 Å². The lowest BCUT2D eigenvalue weighted by molar-refractivity contribution is 0.366. The molecular weight excluding hydrogens is 739 g/mol. The van der Waals surface area contributed by atoms with Gasteiger partial charge in [0, 0.05) is 61.7 Å². The van der Waals surface area contributed by atoms with Crippen molar-refractivity contribution in [2.75, 3.05) is 9.80 Å². The van der Waals surface area contributed by atoms with Crippen LogP contribution in [0.2, 0.25) is 0 Å². The molecule has 0 N–H and O–H groups in total. The van der Waals surface area contributed by atoms with Gasteiger partial charge in [0.1, 0.15) is 0 Å². The normalized spacial score (nSPS) is 25.4. The molecule has 3 heterocycles. The lowest BCUT2D eigenvalue weighted by Gasteiger charge is -2.49. The maximum atomic E-state index is 2.80. The van der Waals surface area contributed by atoms with Crippen LogP contribution in [0.3, 0.4) is 0 Å². The number of anilines is 3. The van der Waals surface area contributed by atoms with Gasteiger partial charge in [0.15, 0.2) is 0 Å². The van der Waals surface area contributed by atoms with E-state index < -0.39 is 0 Å². The molecule has 0 fully saturated rings. The molecule has 0 bridgehead atoms. The second kappa shape index (κ2) is 13.9. The largest absolute Gasteiger partial charge is 0.358 e. The van der Waals surface area contributed by atoms with E-state index in [1.165, 1.54) is 72.1 Å². The highest BCUT2D eigenvalue weighted by atomic mass is 15.2. The molecule has 3 heteroatoms. The molecule has 0 spiro atoms. The van der Waals surface area contributed by atoms with E-state index in [0.29, 0.717) is 18.0 Å². The van der Waals surface area contributed by atoms with E-state index in [1.807, 2.05) is 0 Å². The third-order valence-electron chi connectivity index (χ3n) is 15.7. The van der Waals surface area contributed by atoms with Crippen LogP contribution in [0.4, 0.5) is 17.1 Å². The highest BCUT2D eigenvalue weighted by Crippen LogP contribution is 2.57. The Labute approximate surface area is 361 Å². The Bertz CT molecular complexity index is 2910. The highest BCUT2D eigenvalue weighted by molar-refractivity contribution is 5.98. The Morgan fingerprint density at radius 3 is 2.25 bits per heavy atom. The average molecular weight is 796 g/mol. The number of rotatable bonds is 7. The number of hydrogen-bond donors (Lipinski definition) is 0. The first-order chi connectivity index (χ1) is 29.8. The number of nitrogens with zero attached hydrogens (tertiary/aromatic N) is 3. The smallest absolute Gasteiger partial charge is 0.0577 e. The van der Waals surface area contributed by atoms with E-state index in [-0.39, 0.29) is 16.7 Å². The van der Waals surface area contributed by atoms with Crippen molar-refractivity contribution < 1.29 is 0 Å². The maximum Gasteiger partial charge on any atom is 0.0577 e. The van der Waals surface area contributed by atoms with Crippen LogP contribution in [0.5, 0.6) is 0 Å². The van der Waals surface area contributed by atoms with Crippen LogP contribution >= 0.6 is 0 Å². The first-order valence-corrected chi connectivity index (χ1v) is 23.1. The number of para-hydroxylation sites is 1. The fourth-order valence-electron chi connectivity index (χ4n) is 12.7. The molecule has 3 aromatic carbocycles. The summed E-state index contributed by atoms with van der Waals surface area (Å²) in [5.74, 6) is 0.678. The van der Waals surface area contributed by atoms with Gasteiger partial charge in [0.25, 0.3) is 0 Å². The first-order valence-electron chi connectivity index (χ1n) is 23.1. The minimum absolute atomic E-state index is 0.0340. The van der Waals surface area contributed by atoms with Gasteiger partial charge in [-0.2, -0.15) is 0 Å². The molecule has 1 aromatic heterocycles. The fraction of sp³-hybridized carbons (Fsp3) is 0.310. The average Bonchev–Trinajstić information content (AvgIpc) is 3.63. The van der Waals surface area contributed by atoms with Crippen molar-refractivity contribution in [2.24, 2.45) is 11.3 Å². The van der Waals surface area contributed by atoms with E-state index in [2.05, 4.69) is 194 Å². The first kappa shape index (κ1) is 37.0. The summed E-state index contributed by atoms with van der Waals surface area (Å²) in [6.07, 6.45) is 46.4. The zero-order valence-electron chi connectivity index (χ0n) is 36.2. The third-order valence-corrected chi connectivity index (χ3v) is 15.7. The molecule has 0 saturated carbocycles. The zero-order valence-corrected chi connectivity index (χ0v) is 36.2. The van der Waals surface area contributed by atoms with E-state index in [0.717, 1.165) is 51.4 Å². The fourth-order valence-corrected chi connectivity index (χ4v) is 12.7. The van der Waals surface area contributed by atoms with Crippen LogP contribution in [-0.2, 0) is 11.8 Å². The van der Waals surface area contributed by atoms with Crippen LogP contribution in [0.25, 0.3) is 34.3 Å². The summed E-state index contributed by atoms with van der Waals surface area (Å²) in [5.41, 5.74) is 17.2. The van der Waals surface area contributed by atoms with Gasteiger partial charge in [-0.05, 0) is 121 Å². The van der Waals surface area contributed by atoms with Crippen LogP contribution in [0, 0.1) is 11.3 Å². The van der Waals surface area contributed by atoms with Crippen molar-refractivity contribution in [3.8, 4) is 0 Å². The molecule has 4 atom stereocenters. The summed E-state index contributed by atoms with van der Waals surface area (Å²) >= 11 is 0. The van der Waals surface area contributed by atoms with Crippen molar-refractivity contribution in [1.82, 2.24) is 4.57 Å². The monoisotopic (exact) mass is 795 g/mol. The number of allylic oxidation sites excluding steroid dienone is 13. The maximum absolute atomic E-state index is 2.80.